The minimum Gasteiger partial charge on any atom is -0.340 e. The highest BCUT2D eigenvalue weighted by Crippen LogP contribution is 2.19. The van der Waals surface area contributed by atoms with Crippen LogP contribution in [0.4, 0.5) is 0 Å². The smallest absolute Gasteiger partial charge is 0.275 e. The molecule has 4 rings (SSSR count). The first-order valence-corrected chi connectivity index (χ1v) is 7.82. The lowest BCUT2D eigenvalue weighted by Crippen LogP contribution is -2.27. The summed E-state index contributed by atoms with van der Waals surface area (Å²) in [5, 5.41) is 8.48. The number of aromatic amines is 2. The molecule has 7 heteroatoms. The van der Waals surface area contributed by atoms with Gasteiger partial charge in [-0.3, -0.25) is 9.89 Å². The molecule has 0 aliphatic carbocycles. The van der Waals surface area contributed by atoms with Crippen LogP contribution in [0.2, 0.25) is 5.02 Å². The lowest BCUT2D eigenvalue weighted by Gasteiger charge is -2.14. The van der Waals surface area contributed by atoms with Crippen molar-refractivity contribution in [2.45, 2.75) is 6.54 Å². The zero-order chi connectivity index (χ0) is 16.7. The molecule has 0 spiro atoms. The van der Waals surface area contributed by atoms with Crippen molar-refractivity contribution in [1.82, 2.24) is 25.1 Å². The summed E-state index contributed by atoms with van der Waals surface area (Å²) < 4.78 is 0. The normalized spacial score (nSPS) is 11.2. The molecule has 2 aromatic heterocycles. The molecule has 6 nitrogen and oxygen atoms in total. The van der Waals surface area contributed by atoms with Crippen molar-refractivity contribution < 1.29 is 4.79 Å². The Bertz CT molecular complexity index is 1050. The van der Waals surface area contributed by atoms with E-state index in [2.05, 4.69) is 20.2 Å². The number of halogens is 1. The molecule has 0 saturated carbocycles. The SMILES string of the molecule is CN(Cc1nc2ccc(Cl)cc2[nH]1)C(=O)c1n[nH]c2ccccc12. The van der Waals surface area contributed by atoms with Gasteiger partial charge in [0.05, 0.1) is 23.1 Å². The van der Waals surface area contributed by atoms with Gasteiger partial charge in [0.15, 0.2) is 5.69 Å². The molecule has 0 atom stereocenters. The zero-order valence-electron chi connectivity index (χ0n) is 12.9. The number of para-hydroxylation sites is 1. The first-order valence-electron chi connectivity index (χ1n) is 7.44. The van der Waals surface area contributed by atoms with Gasteiger partial charge in [0, 0.05) is 17.5 Å². The number of nitrogens with zero attached hydrogens (tertiary/aromatic N) is 3. The van der Waals surface area contributed by atoms with Gasteiger partial charge in [-0.25, -0.2) is 4.98 Å². The highest BCUT2D eigenvalue weighted by Gasteiger charge is 2.19. The van der Waals surface area contributed by atoms with Crippen LogP contribution in [0.3, 0.4) is 0 Å². The van der Waals surface area contributed by atoms with E-state index in [1.54, 1.807) is 18.0 Å². The van der Waals surface area contributed by atoms with Crippen LogP contribution in [0.5, 0.6) is 0 Å². The van der Waals surface area contributed by atoms with Crippen molar-refractivity contribution in [3.8, 4) is 0 Å². The van der Waals surface area contributed by atoms with E-state index in [0.29, 0.717) is 23.1 Å². The molecule has 0 fully saturated rings. The van der Waals surface area contributed by atoms with Crippen LogP contribution in [0.25, 0.3) is 21.9 Å². The number of nitrogens with one attached hydrogen (secondary N) is 2. The predicted octanol–water partition coefficient (Wildman–Crippen LogP) is 3.36. The van der Waals surface area contributed by atoms with E-state index in [4.69, 9.17) is 11.6 Å². The summed E-state index contributed by atoms with van der Waals surface area (Å²) in [6.07, 6.45) is 0. The van der Waals surface area contributed by atoms with Gasteiger partial charge in [0.25, 0.3) is 5.91 Å². The number of carbonyl (C=O) groups is 1. The van der Waals surface area contributed by atoms with Crippen molar-refractivity contribution in [1.29, 1.82) is 0 Å². The predicted molar refractivity (Wildman–Crippen MR) is 93.0 cm³/mol. The summed E-state index contributed by atoms with van der Waals surface area (Å²) in [5.74, 6) is 0.536. The summed E-state index contributed by atoms with van der Waals surface area (Å²) in [6, 6.07) is 13.0. The molecule has 0 radical (unpaired) electrons. The van der Waals surface area contributed by atoms with E-state index in [1.165, 1.54) is 0 Å². The summed E-state index contributed by atoms with van der Waals surface area (Å²) in [5.41, 5.74) is 2.92. The maximum atomic E-state index is 12.7. The van der Waals surface area contributed by atoms with E-state index in [9.17, 15) is 4.79 Å². The Morgan fingerprint density at radius 1 is 1.21 bits per heavy atom. The van der Waals surface area contributed by atoms with Gasteiger partial charge < -0.3 is 9.88 Å². The van der Waals surface area contributed by atoms with E-state index in [0.717, 1.165) is 21.9 Å². The van der Waals surface area contributed by atoms with Crippen LogP contribution in [0, 0.1) is 0 Å². The maximum Gasteiger partial charge on any atom is 0.275 e. The fraction of sp³-hybridized carbons (Fsp3) is 0.118. The third-order valence-corrected chi connectivity index (χ3v) is 4.13. The second-order valence-corrected chi connectivity index (χ2v) is 6.06. The number of carbonyl (C=O) groups excluding carboxylic acids is 1. The Morgan fingerprint density at radius 2 is 2.04 bits per heavy atom. The monoisotopic (exact) mass is 339 g/mol. The highest BCUT2D eigenvalue weighted by molar-refractivity contribution is 6.31. The molecule has 0 unspecified atom stereocenters. The molecule has 4 aromatic rings. The Balaban J connectivity index is 1.60. The summed E-state index contributed by atoms with van der Waals surface area (Å²) in [7, 11) is 1.73. The van der Waals surface area contributed by atoms with Crippen LogP contribution in [-0.2, 0) is 6.54 Å². The van der Waals surface area contributed by atoms with Crippen LogP contribution in [-0.4, -0.2) is 38.0 Å². The Morgan fingerprint density at radius 3 is 2.92 bits per heavy atom. The van der Waals surface area contributed by atoms with Crippen LogP contribution >= 0.6 is 11.6 Å². The first-order chi connectivity index (χ1) is 11.6. The number of hydrogen-bond donors (Lipinski definition) is 2. The third-order valence-electron chi connectivity index (χ3n) is 3.90. The third kappa shape index (κ3) is 2.51. The lowest BCUT2D eigenvalue weighted by atomic mass is 10.2. The standard InChI is InChI=1S/C17H14ClN5O/c1-23(9-15-19-13-7-6-10(18)8-14(13)20-15)17(24)16-11-4-2-3-5-12(11)21-22-16/h2-8H,9H2,1H3,(H,19,20)(H,21,22). The molecular weight excluding hydrogens is 326 g/mol. The van der Waals surface area contributed by atoms with Gasteiger partial charge in [-0.15, -0.1) is 0 Å². The second-order valence-electron chi connectivity index (χ2n) is 5.62. The second kappa shape index (κ2) is 5.65. The molecule has 120 valence electrons. The van der Waals surface area contributed by atoms with Crippen LogP contribution in [0.1, 0.15) is 16.3 Å². The van der Waals surface area contributed by atoms with Gasteiger partial charge >= 0.3 is 0 Å². The van der Waals surface area contributed by atoms with Crippen molar-refractivity contribution in [2.75, 3.05) is 7.05 Å². The molecule has 0 saturated heterocycles. The number of fused-ring (bicyclic) bond motifs is 2. The molecule has 24 heavy (non-hydrogen) atoms. The lowest BCUT2D eigenvalue weighted by molar-refractivity contribution is 0.0778. The molecular formula is C17H14ClN5O. The summed E-state index contributed by atoms with van der Waals surface area (Å²) in [6.45, 7) is 0.353. The number of imidazole rings is 1. The van der Waals surface area contributed by atoms with Gasteiger partial charge in [0.2, 0.25) is 0 Å². The number of aromatic nitrogens is 4. The number of rotatable bonds is 3. The number of hydrogen-bond acceptors (Lipinski definition) is 3. The minimum atomic E-state index is -0.161. The number of benzene rings is 2. The van der Waals surface area contributed by atoms with E-state index in [1.807, 2.05) is 36.4 Å². The van der Waals surface area contributed by atoms with Crippen LogP contribution < -0.4 is 0 Å². The van der Waals surface area contributed by atoms with Gasteiger partial charge in [0.1, 0.15) is 5.82 Å². The van der Waals surface area contributed by atoms with Crippen molar-refractivity contribution in [3.63, 3.8) is 0 Å². The molecule has 0 aliphatic heterocycles. The highest BCUT2D eigenvalue weighted by atomic mass is 35.5. The minimum absolute atomic E-state index is 0.161. The maximum absolute atomic E-state index is 12.7. The summed E-state index contributed by atoms with van der Waals surface area (Å²) in [4.78, 5) is 21.9. The fourth-order valence-corrected chi connectivity index (χ4v) is 2.89. The van der Waals surface area contributed by atoms with Crippen molar-refractivity contribution in [3.05, 3.63) is 59.0 Å². The average molecular weight is 340 g/mol. The Hall–Kier alpha value is -2.86. The fourth-order valence-electron chi connectivity index (χ4n) is 2.71. The first kappa shape index (κ1) is 14.7. The van der Waals surface area contributed by atoms with Crippen LogP contribution in [0.15, 0.2) is 42.5 Å². The van der Waals surface area contributed by atoms with E-state index in [-0.39, 0.29) is 5.91 Å². The molecule has 2 heterocycles. The van der Waals surface area contributed by atoms with Crippen molar-refractivity contribution in [2.24, 2.45) is 0 Å². The average Bonchev–Trinajstić information content (AvgIpc) is 3.17. The molecule has 0 aliphatic rings. The molecule has 1 amide bonds. The topological polar surface area (TPSA) is 77.7 Å². The Labute approximate surface area is 142 Å². The van der Waals surface area contributed by atoms with E-state index >= 15 is 0 Å². The van der Waals surface area contributed by atoms with Gasteiger partial charge in [-0.2, -0.15) is 5.10 Å². The molecule has 0 bridgehead atoms. The quantitative estimate of drug-likeness (QED) is 0.600. The van der Waals surface area contributed by atoms with Crippen molar-refractivity contribution >= 4 is 39.4 Å². The molecule has 2 aromatic carbocycles. The number of amides is 1. The summed E-state index contributed by atoms with van der Waals surface area (Å²) >= 11 is 5.98. The Kier molecular flexibility index (Phi) is 3.46. The van der Waals surface area contributed by atoms with Gasteiger partial charge in [-0.05, 0) is 24.3 Å². The molecule has 2 N–H and O–H groups in total. The van der Waals surface area contributed by atoms with E-state index < -0.39 is 0 Å². The largest absolute Gasteiger partial charge is 0.340 e. The zero-order valence-corrected chi connectivity index (χ0v) is 13.6. The number of H-pyrrole nitrogens is 2. The van der Waals surface area contributed by atoms with Gasteiger partial charge in [-0.1, -0.05) is 29.8 Å².